The van der Waals surface area contributed by atoms with Gasteiger partial charge in [-0.15, -0.1) is 0 Å². The van der Waals surface area contributed by atoms with Gasteiger partial charge in [0.2, 0.25) is 0 Å². The number of nitrogens with zero attached hydrogens (tertiary/aromatic N) is 4. The molecule has 0 bridgehead atoms. The van der Waals surface area contributed by atoms with Gasteiger partial charge in [-0.2, -0.15) is 0 Å². The summed E-state index contributed by atoms with van der Waals surface area (Å²) in [4.78, 5) is 26.7. The van der Waals surface area contributed by atoms with Crippen LogP contribution in [0.1, 0.15) is 16.8 Å². The van der Waals surface area contributed by atoms with Crippen LogP contribution in [0.15, 0.2) is 42.5 Å². The van der Waals surface area contributed by atoms with Crippen molar-refractivity contribution in [3.05, 3.63) is 48.0 Å². The minimum absolute atomic E-state index is 0.137. The van der Waals surface area contributed by atoms with Crippen molar-refractivity contribution in [2.45, 2.75) is 6.42 Å². The summed E-state index contributed by atoms with van der Waals surface area (Å²) in [7, 11) is 5.10. The second kappa shape index (κ2) is 7.34. The van der Waals surface area contributed by atoms with Gasteiger partial charge in [-0.05, 0) is 36.8 Å². The molecule has 0 fully saturated rings. The molecule has 4 rings (SSSR count). The third-order valence-corrected chi connectivity index (χ3v) is 4.90. The van der Waals surface area contributed by atoms with Crippen molar-refractivity contribution in [3.8, 4) is 11.5 Å². The summed E-state index contributed by atoms with van der Waals surface area (Å²) in [6.07, 6.45) is 0.823. The average Bonchev–Trinajstić information content (AvgIpc) is 2.89. The predicted molar refractivity (Wildman–Crippen MR) is 109 cm³/mol. The van der Waals surface area contributed by atoms with Gasteiger partial charge in [0.05, 0.1) is 25.3 Å². The molecule has 0 unspecified atom stereocenters. The number of fused-ring (bicyclic) bond motifs is 2. The van der Waals surface area contributed by atoms with Gasteiger partial charge >= 0.3 is 0 Å². The molecule has 1 aromatic heterocycles. The van der Waals surface area contributed by atoms with Crippen LogP contribution in [0.2, 0.25) is 0 Å². The van der Waals surface area contributed by atoms with Gasteiger partial charge in [0.25, 0.3) is 5.91 Å². The first-order valence-corrected chi connectivity index (χ1v) is 9.14. The summed E-state index contributed by atoms with van der Waals surface area (Å²) in [5, 5.41) is 0. The van der Waals surface area contributed by atoms with Crippen LogP contribution in [0.4, 0.5) is 11.6 Å². The summed E-state index contributed by atoms with van der Waals surface area (Å²) in [5.41, 5.74) is 2.10. The quantitative estimate of drug-likeness (QED) is 0.698. The topological polar surface area (TPSA) is 67.8 Å². The van der Waals surface area contributed by atoms with Crippen molar-refractivity contribution in [1.82, 2.24) is 9.97 Å². The highest BCUT2D eigenvalue weighted by Crippen LogP contribution is 2.33. The molecule has 2 heterocycles. The number of amides is 1. The lowest BCUT2D eigenvalue weighted by atomic mass is 10.1. The van der Waals surface area contributed by atoms with Gasteiger partial charge in [0.1, 0.15) is 0 Å². The van der Waals surface area contributed by atoms with Crippen molar-refractivity contribution >= 4 is 28.6 Å². The lowest BCUT2D eigenvalue weighted by molar-refractivity contribution is 0.0986. The van der Waals surface area contributed by atoms with E-state index < -0.39 is 0 Å². The fourth-order valence-electron chi connectivity index (χ4n) is 3.42. The molecule has 1 aliphatic rings. The van der Waals surface area contributed by atoms with E-state index in [4.69, 9.17) is 19.4 Å². The number of hydrogen-bond donors (Lipinski definition) is 0. The Kier molecular flexibility index (Phi) is 4.73. The molecule has 7 heteroatoms. The lowest BCUT2D eigenvalue weighted by Gasteiger charge is -2.23. The Morgan fingerprint density at radius 1 is 0.929 bits per heavy atom. The van der Waals surface area contributed by atoms with E-state index in [2.05, 4.69) is 4.90 Å². The van der Waals surface area contributed by atoms with Gasteiger partial charge in [-0.25, -0.2) is 9.97 Å². The third-order valence-electron chi connectivity index (χ3n) is 4.90. The van der Waals surface area contributed by atoms with E-state index in [0.717, 1.165) is 24.0 Å². The van der Waals surface area contributed by atoms with Gasteiger partial charge in [-0.1, -0.05) is 12.1 Å². The number of rotatable bonds is 3. The van der Waals surface area contributed by atoms with Crippen LogP contribution in [0.5, 0.6) is 11.5 Å². The van der Waals surface area contributed by atoms with E-state index in [-0.39, 0.29) is 5.91 Å². The Labute approximate surface area is 163 Å². The molecule has 1 amide bonds. The van der Waals surface area contributed by atoms with E-state index >= 15 is 0 Å². The first-order valence-electron chi connectivity index (χ1n) is 9.14. The summed E-state index contributed by atoms with van der Waals surface area (Å²) in [5.74, 6) is 2.26. The summed E-state index contributed by atoms with van der Waals surface area (Å²) < 4.78 is 10.6. The second-order valence-electron chi connectivity index (χ2n) is 6.66. The van der Waals surface area contributed by atoms with Crippen molar-refractivity contribution < 1.29 is 14.3 Å². The Morgan fingerprint density at radius 2 is 1.61 bits per heavy atom. The Balaban J connectivity index is 1.81. The zero-order chi connectivity index (χ0) is 19.7. The largest absolute Gasteiger partial charge is 0.493 e. The van der Waals surface area contributed by atoms with Crippen LogP contribution in [0.3, 0.4) is 0 Å². The number of aromatic nitrogens is 2. The van der Waals surface area contributed by atoms with Crippen LogP contribution in [-0.2, 0) is 0 Å². The summed E-state index contributed by atoms with van der Waals surface area (Å²) >= 11 is 0. The molecular formula is C21H22N4O3. The molecule has 0 radical (unpaired) electrons. The third kappa shape index (κ3) is 3.09. The first kappa shape index (κ1) is 18.0. The molecule has 0 saturated heterocycles. The number of para-hydroxylation sites is 2. The van der Waals surface area contributed by atoms with E-state index in [1.165, 1.54) is 0 Å². The van der Waals surface area contributed by atoms with Crippen LogP contribution in [0.25, 0.3) is 11.0 Å². The fraction of sp³-hybridized carbons (Fsp3) is 0.286. The molecule has 0 N–H and O–H groups in total. The van der Waals surface area contributed by atoms with E-state index in [1.54, 1.807) is 37.3 Å². The fourth-order valence-corrected chi connectivity index (χ4v) is 3.42. The maximum absolute atomic E-state index is 13.4. The minimum atomic E-state index is -0.137. The second-order valence-corrected chi connectivity index (χ2v) is 6.66. The first-order chi connectivity index (χ1) is 13.6. The molecule has 144 valence electrons. The highest BCUT2D eigenvalue weighted by atomic mass is 16.5. The summed E-state index contributed by atoms with van der Waals surface area (Å²) in [6.45, 7) is 1.37. The molecule has 28 heavy (non-hydrogen) atoms. The molecule has 0 saturated carbocycles. The number of hydrogen-bond acceptors (Lipinski definition) is 6. The molecule has 3 aromatic rings. The normalized spacial score (nSPS) is 13.8. The predicted octanol–water partition coefficient (Wildman–Crippen LogP) is 3.13. The molecular weight excluding hydrogens is 356 g/mol. The van der Waals surface area contributed by atoms with Crippen LogP contribution < -0.4 is 19.3 Å². The monoisotopic (exact) mass is 378 g/mol. The average molecular weight is 378 g/mol. The Morgan fingerprint density at radius 3 is 2.29 bits per heavy atom. The molecule has 0 atom stereocenters. The number of methoxy groups -OCH3 is 2. The van der Waals surface area contributed by atoms with Crippen molar-refractivity contribution in [2.24, 2.45) is 0 Å². The Hall–Kier alpha value is -3.35. The van der Waals surface area contributed by atoms with E-state index in [1.807, 2.05) is 31.3 Å². The summed E-state index contributed by atoms with van der Waals surface area (Å²) in [6, 6.07) is 12.9. The maximum Gasteiger partial charge on any atom is 0.259 e. The minimum Gasteiger partial charge on any atom is -0.493 e. The van der Waals surface area contributed by atoms with Gasteiger partial charge in [-0.3, -0.25) is 9.69 Å². The number of anilines is 2. The van der Waals surface area contributed by atoms with Crippen LogP contribution in [-0.4, -0.2) is 50.2 Å². The van der Waals surface area contributed by atoms with Crippen molar-refractivity contribution in [2.75, 3.05) is 44.2 Å². The van der Waals surface area contributed by atoms with E-state index in [0.29, 0.717) is 35.2 Å². The highest BCUT2D eigenvalue weighted by Gasteiger charge is 2.28. The molecule has 0 aliphatic carbocycles. The number of carbonyl (C=O) groups excluding carboxylic acids is 1. The maximum atomic E-state index is 13.4. The molecule has 1 aliphatic heterocycles. The van der Waals surface area contributed by atoms with Crippen LogP contribution >= 0.6 is 0 Å². The van der Waals surface area contributed by atoms with Gasteiger partial charge < -0.3 is 14.4 Å². The zero-order valence-corrected chi connectivity index (χ0v) is 16.2. The lowest BCUT2D eigenvalue weighted by Crippen LogP contribution is -2.32. The van der Waals surface area contributed by atoms with Crippen molar-refractivity contribution in [3.63, 3.8) is 0 Å². The number of benzene rings is 2. The SMILES string of the molecule is COc1ccc(C(=O)N2CCCN(C)c3nc4ccccc4nc32)cc1OC. The number of carbonyl (C=O) groups is 1. The van der Waals surface area contributed by atoms with Gasteiger partial charge in [0, 0.05) is 25.7 Å². The smallest absolute Gasteiger partial charge is 0.259 e. The molecule has 2 aromatic carbocycles. The molecule has 7 nitrogen and oxygen atoms in total. The highest BCUT2D eigenvalue weighted by molar-refractivity contribution is 6.07. The standard InChI is InChI=1S/C21H22N4O3/c1-24-11-6-12-25(20-19(24)22-15-7-4-5-8-16(15)23-20)21(26)14-9-10-17(27-2)18(13-14)28-3/h4-5,7-10,13H,6,11-12H2,1-3H3. The van der Waals surface area contributed by atoms with E-state index in [9.17, 15) is 4.79 Å². The number of ether oxygens (including phenoxy) is 2. The van der Waals surface area contributed by atoms with Crippen molar-refractivity contribution in [1.29, 1.82) is 0 Å². The Bertz CT molecular complexity index is 1040. The molecule has 0 spiro atoms. The van der Waals surface area contributed by atoms with Gasteiger partial charge in [0.15, 0.2) is 23.1 Å². The zero-order valence-electron chi connectivity index (χ0n) is 16.2. The van der Waals surface area contributed by atoms with Crippen LogP contribution in [0, 0.1) is 0 Å².